The zero-order chi connectivity index (χ0) is 17.1. The summed E-state index contributed by atoms with van der Waals surface area (Å²) in [7, 11) is 0. The van der Waals surface area contributed by atoms with Gasteiger partial charge in [0.1, 0.15) is 0 Å². The molecule has 2 heterocycles. The van der Waals surface area contributed by atoms with Crippen LogP contribution < -0.4 is 5.32 Å². The van der Waals surface area contributed by atoms with Gasteiger partial charge >= 0.3 is 0 Å². The smallest absolute Gasteiger partial charge is 0.230 e. The van der Waals surface area contributed by atoms with Crippen LogP contribution in [0.3, 0.4) is 0 Å². The number of hydrogen-bond acceptors (Lipinski definition) is 5. The van der Waals surface area contributed by atoms with Crippen LogP contribution in [0.15, 0.2) is 10.5 Å². The number of hydrogen-bond donors (Lipinski definition) is 1. The monoisotopic (exact) mass is 364 g/mol. The normalized spacial score (nSPS) is 15.1. The second kappa shape index (κ2) is 7.70. The minimum absolute atomic E-state index is 0.0988. The quantitative estimate of drug-likeness (QED) is 0.792. The van der Waals surface area contributed by atoms with Crippen LogP contribution in [0.25, 0.3) is 11.4 Å². The summed E-state index contributed by atoms with van der Waals surface area (Å²) in [5.41, 5.74) is 2.41. The van der Waals surface area contributed by atoms with Gasteiger partial charge < -0.3 is 9.88 Å². The van der Waals surface area contributed by atoms with E-state index in [1.807, 2.05) is 0 Å². The van der Waals surface area contributed by atoms with E-state index in [4.69, 9.17) is 0 Å². The van der Waals surface area contributed by atoms with Crippen molar-refractivity contribution in [3.05, 3.63) is 15.8 Å². The molecule has 0 aliphatic heterocycles. The van der Waals surface area contributed by atoms with Gasteiger partial charge in [-0.25, -0.2) is 0 Å². The van der Waals surface area contributed by atoms with Gasteiger partial charge in [-0.2, -0.15) is 0 Å². The van der Waals surface area contributed by atoms with Gasteiger partial charge in [0.15, 0.2) is 11.0 Å². The maximum atomic E-state index is 12.1. The Labute approximate surface area is 151 Å². The Morgan fingerprint density at radius 1 is 1.38 bits per heavy atom. The first-order valence-corrected chi connectivity index (χ1v) is 10.4. The van der Waals surface area contributed by atoms with E-state index in [9.17, 15) is 4.79 Å². The first-order chi connectivity index (χ1) is 11.6. The molecule has 7 heteroatoms. The van der Waals surface area contributed by atoms with Gasteiger partial charge in [0.2, 0.25) is 5.91 Å². The van der Waals surface area contributed by atoms with Crippen LogP contribution >= 0.6 is 23.1 Å². The lowest BCUT2D eigenvalue weighted by Gasteiger charge is -2.11. The molecule has 0 spiro atoms. The molecule has 5 nitrogen and oxygen atoms in total. The van der Waals surface area contributed by atoms with Crippen molar-refractivity contribution in [2.75, 3.05) is 5.75 Å². The van der Waals surface area contributed by atoms with Gasteiger partial charge in [0.25, 0.3) is 0 Å². The molecule has 24 heavy (non-hydrogen) atoms. The minimum Gasteiger partial charge on any atom is -0.353 e. The summed E-state index contributed by atoms with van der Waals surface area (Å²) in [6.45, 7) is 7.13. The fourth-order valence-corrected chi connectivity index (χ4v) is 4.76. The molecular formula is C17H24N4OS2. The van der Waals surface area contributed by atoms with E-state index in [1.54, 1.807) is 11.3 Å². The van der Waals surface area contributed by atoms with Crippen molar-refractivity contribution in [3.8, 4) is 11.4 Å². The average molecular weight is 365 g/mol. The molecule has 1 aliphatic rings. The molecular weight excluding hydrogens is 340 g/mol. The Balaban J connectivity index is 1.68. The third-order valence-corrected chi connectivity index (χ3v) is 6.59. The molecule has 0 bridgehead atoms. The molecule has 2 aromatic rings. The maximum absolute atomic E-state index is 12.1. The van der Waals surface area contributed by atoms with Crippen LogP contribution in [-0.4, -0.2) is 32.5 Å². The summed E-state index contributed by atoms with van der Waals surface area (Å²) in [4.78, 5) is 13.4. The van der Waals surface area contributed by atoms with Crippen molar-refractivity contribution < 1.29 is 4.79 Å². The molecule has 1 aliphatic carbocycles. The number of thioether (sulfide) groups is 1. The highest BCUT2D eigenvalue weighted by Gasteiger charge is 2.20. The highest BCUT2D eigenvalue weighted by Crippen LogP contribution is 2.31. The van der Waals surface area contributed by atoms with E-state index < -0.39 is 0 Å². The number of rotatable bonds is 6. The molecule has 1 amide bonds. The summed E-state index contributed by atoms with van der Waals surface area (Å²) in [5, 5.41) is 14.8. The number of amides is 1. The zero-order valence-electron chi connectivity index (χ0n) is 14.5. The predicted octanol–water partition coefficient (Wildman–Crippen LogP) is 3.79. The van der Waals surface area contributed by atoms with E-state index >= 15 is 0 Å². The highest BCUT2D eigenvalue weighted by atomic mass is 32.2. The van der Waals surface area contributed by atoms with E-state index in [-0.39, 0.29) is 5.91 Å². The Morgan fingerprint density at radius 3 is 2.75 bits per heavy atom. The number of aromatic nitrogens is 3. The van der Waals surface area contributed by atoms with Crippen molar-refractivity contribution >= 4 is 29.0 Å². The summed E-state index contributed by atoms with van der Waals surface area (Å²) in [6, 6.07) is 0.370. The Morgan fingerprint density at radius 2 is 2.12 bits per heavy atom. The number of carbonyl (C=O) groups excluding carboxylic acids is 1. The first-order valence-electron chi connectivity index (χ1n) is 8.50. The van der Waals surface area contributed by atoms with Gasteiger partial charge in [-0.1, -0.05) is 24.6 Å². The highest BCUT2D eigenvalue weighted by molar-refractivity contribution is 7.99. The van der Waals surface area contributed by atoms with Crippen LogP contribution in [0.2, 0.25) is 0 Å². The summed E-state index contributed by atoms with van der Waals surface area (Å²) >= 11 is 3.21. The lowest BCUT2D eigenvalue weighted by atomic mass is 10.1. The fraction of sp³-hybridized carbons (Fsp3) is 0.588. The fourth-order valence-electron chi connectivity index (χ4n) is 3.08. The van der Waals surface area contributed by atoms with Crippen LogP contribution in [-0.2, 0) is 11.3 Å². The van der Waals surface area contributed by atoms with Crippen molar-refractivity contribution in [2.24, 2.45) is 0 Å². The Kier molecular flexibility index (Phi) is 5.61. The van der Waals surface area contributed by atoms with Gasteiger partial charge in [0, 0.05) is 28.4 Å². The summed E-state index contributed by atoms with van der Waals surface area (Å²) < 4.78 is 2.10. The molecule has 0 saturated heterocycles. The largest absolute Gasteiger partial charge is 0.353 e. The molecule has 1 N–H and O–H groups in total. The standard InChI is InChI=1S/C17H24N4OS2/c1-4-21-16(14-9-23-12(3)11(14)2)19-20-17(21)24-10-15(22)18-13-7-5-6-8-13/h9,13H,4-8,10H2,1-3H3,(H,18,22). The first kappa shape index (κ1) is 17.5. The average Bonchev–Trinajstić information content (AvgIpc) is 3.28. The molecule has 0 unspecified atom stereocenters. The lowest BCUT2D eigenvalue weighted by Crippen LogP contribution is -2.33. The third-order valence-electron chi connectivity index (χ3n) is 4.61. The van der Waals surface area contributed by atoms with E-state index in [2.05, 4.69) is 46.2 Å². The van der Waals surface area contributed by atoms with Crippen molar-refractivity contribution in [1.82, 2.24) is 20.1 Å². The van der Waals surface area contributed by atoms with Gasteiger partial charge in [0.05, 0.1) is 5.75 Å². The molecule has 0 aromatic carbocycles. The molecule has 2 aromatic heterocycles. The topological polar surface area (TPSA) is 59.8 Å². The van der Waals surface area contributed by atoms with Crippen LogP contribution in [0.1, 0.15) is 43.0 Å². The van der Waals surface area contributed by atoms with E-state index in [1.165, 1.54) is 35.0 Å². The van der Waals surface area contributed by atoms with E-state index in [0.29, 0.717) is 11.8 Å². The second-order valence-electron chi connectivity index (χ2n) is 6.22. The lowest BCUT2D eigenvalue weighted by molar-refractivity contribution is -0.119. The Bertz CT molecular complexity index is 716. The van der Waals surface area contributed by atoms with Crippen LogP contribution in [0, 0.1) is 13.8 Å². The summed E-state index contributed by atoms with van der Waals surface area (Å²) in [5.74, 6) is 1.40. The van der Waals surface area contributed by atoms with E-state index in [0.717, 1.165) is 35.9 Å². The molecule has 0 atom stereocenters. The van der Waals surface area contributed by atoms with Gasteiger partial charge in [-0.05, 0) is 39.2 Å². The Hall–Kier alpha value is -1.34. The molecule has 0 radical (unpaired) electrons. The maximum Gasteiger partial charge on any atom is 0.230 e. The number of nitrogens with one attached hydrogen (secondary N) is 1. The van der Waals surface area contributed by atoms with Crippen LogP contribution in [0.4, 0.5) is 0 Å². The molecule has 1 saturated carbocycles. The number of aryl methyl sites for hydroxylation is 1. The van der Waals surface area contributed by atoms with Gasteiger partial charge in [-0.15, -0.1) is 21.5 Å². The van der Waals surface area contributed by atoms with Gasteiger partial charge in [-0.3, -0.25) is 4.79 Å². The molecule has 1 fully saturated rings. The van der Waals surface area contributed by atoms with Crippen LogP contribution in [0.5, 0.6) is 0 Å². The molecule has 3 rings (SSSR count). The minimum atomic E-state index is 0.0988. The second-order valence-corrected chi connectivity index (χ2v) is 8.24. The zero-order valence-corrected chi connectivity index (χ0v) is 16.1. The predicted molar refractivity (Wildman–Crippen MR) is 99.6 cm³/mol. The number of carbonyl (C=O) groups is 1. The number of thiophene rings is 1. The van der Waals surface area contributed by atoms with Crippen molar-refractivity contribution in [1.29, 1.82) is 0 Å². The molecule has 130 valence electrons. The third kappa shape index (κ3) is 3.67. The summed E-state index contributed by atoms with van der Waals surface area (Å²) in [6.07, 6.45) is 4.68. The number of nitrogens with zero attached hydrogens (tertiary/aromatic N) is 3. The van der Waals surface area contributed by atoms with Crippen molar-refractivity contribution in [3.63, 3.8) is 0 Å². The van der Waals surface area contributed by atoms with Crippen molar-refractivity contribution in [2.45, 2.75) is 64.2 Å². The SMILES string of the molecule is CCn1c(SCC(=O)NC2CCCC2)nnc1-c1csc(C)c1C.